The zero-order valence-electron chi connectivity index (χ0n) is 11.4. The van der Waals surface area contributed by atoms with Gasteiger partial charge in [0, 0.05) is 29.2 Å². The Hall–Kier alpha value is -0.450. The molecule has 2 atom stereocenters. The second-order valence-corrected chi connectivity index (χ2v) is 6.61. The number of hydrogen-bond donors (Lipinski definition) is 1. The molecule has 2 bridgehead atoms. The summed E-state index contributed by atoms with van der Waals surface area (Å²) < 4.78 is 0. The van der Waals surface area contributed by atoms with Gasteiger partial charge in [0.05, 0.1) is 6.54 Å². The van der Waals surface area contributed by atoms with Crippen LogP contribution < -0.4 is 5.32 Å². The summed E-state index contributed by atoms with van der Waals surface area (Å²) in [5.74, 6) is 0. The van der Waals surface area contributed by atoms with Crippen LogP contribution in [0.3, 0.4) is 0 Å². The monoisotopic (exact) mass is 265 g/mol. The van der Waals surface area contributed by atoms with E-state index in [4.69, 9.17) is 0 Å². The van der Waals surface area contributed by atoms with E-state index in [-0.39, 0.29) is 0 Å². The van der Waals surface area contributed by atoms with Gasteiger partial charge >= 0.3 is 0 Å². The van der Waals surface area contributed by atoms with Gasteiger partial charge in [0.25, 0.3) is 0 Å². The van der Waals surface area contributed by atoms with Crippen molar-refractivity contribution in [3.05, 3.63) is 16.1 Å². The second kappa shape index (κ2) is 5.27. The zero-order chi connectivity index (χ0) is 12.5. The van der Waals surface area contributed by atoms with Crippen molar-refractivity contribution in [2.45, 2.75) is 64.2 Å². The minimum atomic E-state index is 0.752. The maximum atomic E-state index is 4.62. The third-order valence-electron chi connectivity index (χ3n) is 4.36. The van der Waals surface area contributed by atoms with Crippen molar-refractivity contribution in [2.24, 2.45) is 0 Å². The molecule has 3 rings (SSSR count). The highest BCUT2D eigenvalue weighted by Crippen LogP contribution is 2.37. The third kappa shape index (κ3) is 2.46. The fourth-order valence-electron chi connectivity index (χ4n) is 3.62. The van der Waals surface area contributed by atoms with Gasteiger partial charge in [0.2, 0.25) is 0 Å². The summed E-state index contributed by atoms with van der Waals surface area (Å²) >= 11 is 1.82. The third-order valence-corrected chi connectivity index (χ3v) is 5.31. The van der Waals surface area contributed by atoms with E-state index in [1.165, 1.54) is 36.4 Å². The van der Waals surface area contributed by atoms with Crippen LogP contribution >= 0.6 is 11.3 Å². The Morgan fingerprint density at radius 2 is 2.11 bits per heavy atom. The first-order valence-electron chi connectivity index (χ1n) is 7.16. The summed E-state index contributed by atoms with van der Waals surface area (Å²) in [6, 6.07) is 2.33. The summed E-state index contributed by atoms with van der Waals surface area (Å²) in [6.07, 6.45) is 5.43. The van der Waals surface area contributed by atoms with Crippen LogP contribution in [0.4, 0.5) is 0 Å². The molecule has 1 aromatic rings. The Labute approximate surface area is 114 Å². The molecule has 3 heterocycles. The Morgan fingerprint density at radius 1 is 1.39 bits per heavy atom. The first kappa shape index (κ1) is 12.6. The van der Waals surface area contributed by atoms with Gasteiger partial charge in [0.15, 0.2) is 0 Å². The summed E-state index contributed by atoms with van der Waals surface area (Å²) in [6.45, 7) is 6.49. The molecule has 4 heteroatoms. The molecule has 1 aromatic heterocycles. The first-order chi connectivity index (χ1) is 8.76. The number of aryl methyl sites for hydroxylation is 1. The van der Waals surface area contributed by atoms with Crippen LogP contribution in [0.25, 0.3) is 0 Å². The molecule has 1 N–H and O–H groups in total. The van der Waals surface area contributed by atoms with Crippen LogP contribution in [0, 0.1) is 6.92 Å². The molecule has 100 valence electrons. The summed E-state index contributed by atoms with van der Waals surface area (Å²) in [5, 5.41) is 7.10. The Balaban J connectivity index is 1.65. The molecule has 2 unspecified atom stereocenters. The van der Waals surface area contributed by atoms with Crippen molar-refractivity contribution in [1.29, 1.82) is 0 Å². The number of aromatic nitrogens is 1. The van der Waals surface area contributed by atoms with E-state index < -0.39 is 0 Å². The molecule has 0 saturated carbocycles. The molecule has 0 aliphatic carbocycles. The molecule has 2 saturated heterocycles. The Morgan fingerprint density at radius 3 is 2.67 bits per heavy atom. The fourth-order valence-corrected chi connectivity index (χ4v) is 4.40. The number of nitrogens with one attached hydrogen (secondary N) is 1. The zero-order valence-corrected chi connectivity index (χ0v) is 12.2. The maximum Gasteiger partial charge on any atom is 0.107 e. The van der Waals surface area contributed by atoms with Gasteiger partial charge in [-0.15, -0.1) is 11.3 Å². The minimum absolute atomic E-state index is 0.752. The van der Waals surface area contributed by atoms with Crippen molar-refractivity contribution < 1.29 is 0 Å². The van der Waals surface area contributed by atoms with Gasteiger partial charge in [-0.3, -0.25) is 4.90 Å². The molecule has 0 spiro atoms. The van der Waals surface area contributed by atoms with Crippen LogP contribution in [-0.4, -0.2) is 34.6 Å². The van der Waals surface area contributed by atoms with Crippen molar-refractivity contribution in [3.8, 4) is 0 Å². The minimum Gasteiger partial charge on any atom is -0.314 e. The summed E-state index contributed by atoms with van der Waals surface area (Å²) in [7, 11) is 0. The first-order valence-corrected chi connectivity index (χ1v) is 8.04. The predicted molar refractivity (Wildman–Crippen MR) is 75.9 cm³/mol. The SMILES string of the molecule is CCNC1CC2CCC(C1)N2Cc1nc(C)cs1. The molecule has 2 fully saturated rings. The van der Waals surface area contributed by atoms with Crippen molar-refractivity contribution >= 4 is 11.3 Å². The lowest BCUT2D eigenvalue weighted by Gasteiger charge is -2.38. The molecule has 2 aliphatic rings. The van der Waals surface area contributed by atoms with Crippen molar-refractivity contribution in [1.82, 2.24) is 15.2 Å². The van der Waals surface area contributed by atoms with Gasteiger partial charge < -0.3 is 5.32 Å². The highest BCUT2D eigenvalue weighted by Gasteiger charge is 2.40. The fraction of sp³-hybridized carbons (Fsp3) is 0.786. The standard InChI is InChI=1S/C14H23N3S/c1-3-15-11-6-12-4-5-13(7-11)17(12)8-14-16-10(2)9-18-14/h9,11-13,15H,3-8H2,1-2H3. The number of piperidine rings is 1. The van der Waals surface area contributed by atoms with Crippen molar-refractivity contribution in [2.75, 3.05) is 6.54 Å². The number of fused-ring (bicyclic) bond motifs is 2. The van der Waals surface area contributed by atoms with Gasteiger partial charge in [-0.2, -0.15) is 0 Å². The van der Waals surface area contributed by atoms with E-state index in [1.54, 1.807) is 0 Å². The van der Waals surface area contributed by atoms with E-state index in [0.717, 1.165) is 31.2 Å². The van der Waals surface area contributed by atoms with Crippen molar-refractivity contribution in [3.63, 3.8) is 0 Å². The topological polar surface area (TPSA) is 28.2 Å². The number of rotatable bonds is 4. The van der Waals surface area contributed by atoms with E-state index in [0.29, 0.717) is 0 Å². The number of hydrogen-bond acceptors (Lipinski definition) is 4. The predicted octanol–water partition coefficient (Wildman–Crippen LogP) is 2.56. The van der Waals surface area contributed by atoms with Crippen LogP contribution in [-0.2, 0) is 6.54 Å². The lowest BCUT2D eigenvalue weighted by molar-refractivity contribution is 0.110. The summed E-state index contributed by atoms with van der Waals surface area (Å²) in [4.78, 5) is 7.33. The number of thiazole rings is 1. The Bertz CT molecular complexity index is 389. The molecular formula is C14H23N3S. The Kier molecular flexibility index (Phi) is 3.68. The molecular weight excluding hydrogens is 242 g/mol. The molecule has 2 aliphatic heterocycles. The lowest BCUT2D eigenvalue weighted by Crippen LogP contribution is -2.48. The van der Waals surface area contributed by atoms with Gasteiger partial charge in [0.1, 0.15) is 5.01 Å². The van der Waals surface area contributed by atoms with Gasteiger partial charge in [-0.1, -0.05) is 6.92 Å². The largest absolute Gasteiger partial charge is 0.314 e. The highest BCUT2D eigenvalue weighted by atomic mass is 32.1. The van der Waals surface area contributed by atoms with Gasteiger partial charge in [-0.05, 0) is 39.2 Å². The average Bonchev–Trinajstić information content (AvgIpc) is 2.83. The van der Waals surface area contributed by atoms with Crippen LogP contribution in [0.2, 0.25) is 0 Å². The quantitative estimate of drug-likeness (QED) is 0.907. The molecule has 0 aromatic carbocycles. The molecule has 3 nitrogen and oxygen atoms in total. The second-order valence-electron chi connectivity index (χ2n) is 5.67. The van der Waals surface area contributed by atoms with E-state index in [9.17, 15) is 0 Å². The molecule has 0 amide bonds. The lowest BCUT2D eigenvalue weighted by atomic mass is 9.97. The number of nitrogens with zero attached hydrogens (tertiary/aromatic N) is 2. The van der Waals surface area contributed by atoms with E-state index >= 15 is 0 Å². The molecule has 18 heavy (non-hydrogen) atoms. The average molecular weight is 265 g/mol. The highest BCUT2D eigenvalue weighted by molar-refractivity contribution is 7.09. The van der Waals surface area contributed by atoms with E-state index in [2.05, 4.69) is 34.4 Å². The van der Waals surface area contributed by atoms with Crippen LogP contribution in [0.5, 0.6) is 0 Å². The van der Waals surface area contributed by atoms with Crippen LogP contribution in [0.1, 0.15) is 43.3 Å². The van der Waals surface area contributed by atoms with Gasteiger partial charge in [-0.25, -0.2) is 4.98 Å². The summed E-state index contributed by atoms with van der Waals surface area (Å²) in [5.41, 5.74) is 1.17. The van der Waals surface area contributed by atoms with E-state index in [1.807, 2.05) is 11.3 Å². The normalized spacial score (nSPS) is 32.0. The maximum absolute atomic E-state index is 4.62. The van der Waals surface area contributed by atoms with Crippen LogP contribution in [0.15, 0.2) is 5.38 Å². The smallest absolute Gasteiger partial charge is 0.107 e. The molecule has 0 radical (unpaired) electrons.